The summed E-state index contributed by atoms with van der Waals surface area (Å²) in [4.78, 5) is 12.0. The number of nitrogens with two attached hydrogens (primary N) is 2. The topological polar surface area (TPSA) is 106 Å². The van der Waals surface area contributed by atoms with Crippen LogP contribution in [0.3, 0.4) is 0 Å². The van der Waals surface area contributed by atoms with Crippen LogP contribution in [0.5, 0.6) is 0 Å². The van der Waals surface area contributed by atoms with Crippen LogP contribution in [0.25, 0.3) is 0 Å². The Morgan fingerprint density at radius 3 is 2.50 bits per heavy atom. The minimum absolute atomic E-state index is 0.129. The molecule has 1 aliphatic carbocycles. The molecule has 1 heterocycles. The minimum Gasteiger partial charge on any atom is -0.369 e. The van der Waals surface area contributed by atoms with Gasteiger partial charge in [0.1, 0.15) is 4.21 Å². The summed E-state index contributed by atoms with van der Waals surface area (Å²) < 4.78 is 26.8. The third-order valence-electron chi connectivity index (χ3n) is 3.44. The predicted molar refractivity (Wildman–Crippen MR) is 77.6 cm³/mol. The van der Waals surface area contributed by atoms with E-state index in [1.807, 2.05) is 0 Å². The molecule has 1 aliphatic rings. The lowest BCUT2D eigenvalue weighted by Gasteiger charge is -2.26. The molecule has 0 radical (unpaired) electrons. The van der Waals surface area contributed by atoms with Gasteiger partial charge < -0.3 is 11.5 Å². The fourth-order valence-corrected chi connectivity index (χ4v) is 5.49. The van der Waals surface area contributed by atoms with Gasteiger partial charge in [-0.2, -0.15) is 4.31 Å². The summed E-state index contributed by atoms with van der Waals surface area (Å²) in [5, 5.41) is 0. The lowest BCUT2D eigenvalue weighted by atomic mass is 10.2. The number of primary amides is 1. The molecule has 4 N–H and O–H groups in total. The highest BCUT2D eigenvalue weighted by molar-refractivity contribution is 7.91. The van der Waals surface area contributed by atoms with Crippen molar-refractivity contribution < 1.29 is 13.2 Å². The third kappa shape index (κ3) is 3.20. The molecule has 6 nitrogen and oxygen atoms in total. The number of amides is 1. The number of hydrogen-bond donors (Lipinski definition) is 2. The van der Waals surface area contributed by atoms with Crippen molar-refractivity contribution in [3.63, 3.8) is 0 Å². The fraction of sp³-hybridized carbons (Fsp3) is 0.583. The Morgan fingerprint density at radius 1 is 1.35 bits per heavy atom. The molecule has 1 aromatic heterocycles. The Hall–Kier alpha value is -0.960. The standard InChI is InChI=1S/C12H19N3O3S2/c13-7-10-5-6-12(19-10)20(17,18)15(8-11(14)16)9-3-1-2-4-9/h5-6,9H,1-4,7-8,13H2,(H2,14,16). The lowest BCUT2D eigenvalue weighted by Crippen LogP contribution is -2.43. The summed E-state index contributed by atoms with van der Waals surface area (Å²) in [5.74, 6) is -0.629. The van der Waals surface area contributed by atoms with E-state index < -0.39 is 15.9 Å². The second-order valence-corrected chi connectivity index (χ2v) is 8.17. The maximum absolute atomic E-state index is 12.7. The number of thiophene rings is 1. The predicted octanol–water partition coefficient (Wildman–Crippen LogP) is 0.625. The molecule has 0 atom stereocenters. The van der Waals surface area contributed by atoms with E-state index in [1.165, 1.54) is 4.31 Å². The number of sulfonamides is 1. The molecule has 0 saturated heterocycles. The van der Waals surface area contributed by atoms with E-state index in [4.69, 9.17) is 11.5 Å². The van der Waals surface area contributed by atoms with Gasteiger partial charge in [-0.05, 0) is 25.0 Å². The monoisotopic (exact) mass is 317 g/mol. The van der Waals surface area contributed by atoms with Crippen LogP contribution in [0.15, 0.2) is 16.3 Å². The SMILES string of the molecule is NCc1ccc(S(=O)(=O)N(CC(N)=O)C2CCCC2)s1. The van der Waals surface area contributed by atoms with E-state index in [2.05, 4.69) is 0 Å². The van der Waals surface area contributed by atoms with Crippen molar-refractivity contribution >= 4 is 27.3 Å². The van der Waals surface area contributed by atoms with Crippen molar-refractivity contribution in [2.45, 2.75) is 42.5 Å². The molecule has 1 saturated carbocycles. The highest BCUT2D eigenvalue weighted by atomic mass is 32.2. The maximum atomic E-state index is 12.7. The van der Waals surface area contributed by atoms with Crippen molar-refractivity contribution in [1.82, 2.24) is 4.31 Å². The van der Waals surface area contributed by atoms with E-state index >= 15 is 0 Å². The van der Waals surface area contributed by atoms with Gasteiger partial charge in [-0.1, -0.05) is 12.8 Å². The smallest absolute Gasteiger partial charge is 0.253 e. The van der Waals surface area contributed by atoms with Crippen LogP contribution < -0.4 is 11.5 Å². The van der Waals surface area contributed by atoms with Gasteiger partial charge in [-0.25, -0.2) is 8.42 Å². The zero-order valence-electron chi connectivity index (χ0n) is 11.1. The van der Waals surface area contributed by atoms with E-state index in [0.717, 1.165) is 41.9 Å². The van der Waals surface area contributed by atoms with Gasteiger partial charge in [0.2, 0.25) is 5.91 Å². The van der Waals surface area contributed by atoms with Crippen LogP contribution in [0.2, 0.25) is 0 Å². The minimum atomic E-state index is -3.67. The molecule has 0 aromatic carbocycles. The fourth-order valence-electron chi connectivity index (χ4n) is 2.48. The Labute approximate surface area is 122 Å². The number of carbonyl (C=O) groups excluding carboxylic acids is 1. The molecule has 1 aromatic rings. The van der Waals surface area contributed by atoms with Crippen molar-refractivity contribution in [2.75, 3.05) is 6.54 Å². The summed E-state index contributed by atoms with van der Waals surface area (Å²) in [5.41, 5.74) is 10.7. The molecular weight excluding hydrogens is 298 g/mol. The Balaban J connectivity index is 2.32. The molecule has 8 heteroatoms. The number of hydrogen-bond acceptors (Lipinski definition) is 5. The Morgan fingerprint density at radius 2 is 2.00 bits per heavy atom. The first-order valence-corrected chi connectivity index (χ1v) is 8.79. The van der Waals surface area contributed by atoms with Gasteiger partial charge in [-0.3, -0.25) is 4.79 Å². The first kappa shape index (κ1) is 15.4. The van der Waals surface area contributed by atoms with Crippen LogP contribution in [0.4, 0.5) is 0 Å². The van der Waals surface area contributed by atoms with Gasteiger partial charge in [0.25, 0.3) is 10.0 Å². The molecule has 1 amide bonds. The summed E-state index contributed by atoms with van der Waals surface area (Å²) in [6, 6.07) is 3.12. The van der Waals surface area contributed by atoms with Gasteiger partial charge in [0, 0.05) is 17.5 Å². The summed E-state index contributed by atoms with van der Waals surface area (Å²) in [6.45, 7) is 0.0439. The molecule has 0 spiro atoms. The van der Waals surface area contributed by atoms with Crippen LogP contribution in [-0.2, 0) is 21.4 Å². The highest BCUT2D eigenvalue weighted by Crippen LogP contribution is 2.31. The maximum Gasteiger partial charge on any atom is 0.253 e. The molecule has 1 fully saturated rings. The van der Waals surface area contributed by atoms with Crippen molar-refractivity contribution in [1.29, 1.82) is 0 Å². The lowest BCUT2D eigenvalue weighted by molar-refractivity contribution is -0.118. The quantitative estimate of drug-likeness (QED) is 0.802. The normalized spacial score (nSPS) is 16.9. The first-order valence-electron chi connectivity index (χ1n) is 6.54. The first-order chi connectivity index (χ1) is 9.45. The van der Waals surface area contributed by atoms with Crippen LogP contribution in [0, 0.1) is 0 Å². The average Bonchev–Trinajstić information content (AvgIpc) is 3.06. The molecule has 20 heavy (non-hydrogen) atoms. The average molecular weight is 317 g/mol. The van der Waals surface area contributed by atoms with E-state index in [9.17, 15) is 13.2 Å². The molecule has 0 aliphatic heterocycles. The highest BCUT2D eigenvalue weighted by Gasteiger charge is 2.35. The van der Waals surface area contributed by atoms with E-state index in [1.54, 1.807) is 12.1 Å². The molecule has 112 valence electrons. The van der Waals surface area contributed by atoms with Crippen molar-refractivity contribution in [2.24, 2.45) is 11.5 Å². The number of nitrogens with zero attached hydrogens (tertiary/aromatic N) is 1. The van der Waals surface area contributed by atoms with Crippen molar-refractivity contribution in [3.8, 4) is 0 Å². The molecule has 0 bridgehead atoms. The third-order valence-corrected chi connectivity index (χ3v) is 6.92. The summed E-state index contributed by atoms with van der Waals surface area (Å²) in [7, 11) is -3.67. The number of rotatable bonds is 6. The van der Waals surface area contributed by atoms with Gasteiger partial charge in [0.05, 0.1) is 6.54 Å². The Kier molecular flexibility index (Phi) is 4.79. The van der Waals surface area contributed by atoms with Crippen molar-refractivity contribution in [3.05, 3.63) is 17.0 Å². The molecule has 0 unspecified atom stereocenters. The van der Waals surface area contributed by atoms with E-state index in [-0.39, 0.29) is 16.8 Å². The number of carbonyl (C=O) groups is 1. The summed E-state index contributed by atoms with van der Waals surface area (Å²) >= 11 is 1.15. The van der Waals surface area contributed by atoms with Crippen LogP contribution in [-0.4, -0.2) is 31.2 Å². The molecular formula is C12H19N3O3S2. The zero-order chi connectivity index (χ0) is 14.8. The zero-order valence-corrected chi connectivity index (χ0v) is 12.8. The van der Waals surface area contributed by atoms with Gasteiger partial charge >= 0.3 is 0 Å². The second kappa shape index (κ2) is 6.21. The van der Waals surface area contributed by atoms with Gasteiger partial charge in [0.15, 0.2) is 0 Å². The summed E-state index contributed by atoms with van der Waals surface area (Å²) in [6.07, 6.45) is 3.52. The molecule has 2 rings (SSSR count). The van der Waals surface area contributed by atoms with Crippen LogP contribution >= 0.6 is 11.3 Å². The second-order valence-electron chi connectivity index (χ2n) is 4.88. The van der Waals surface area contributed by atoms with E-state index in [0.29, 0.717) is 6.54 Å². The largest absolute Gasteiger partial charge is 0.369 e. The Bertz CT molecular complexity index is 577. The van der Waals surface area contributed by atoms with Gasteiger partial charge in [-0.15, -0.1) is 11.3 Å². The van der Waals surface area contributed by atoms with Crippen LogP contribution in [0.1, 0.15) is 30.6 Å².